The quantitative estimate of drug-likeness (QED) is 0.769. The molecule has 7 nitrogen and oxygen atoms in total. The second-order valence-corrected chi connectivity index (χ2v) is 4.16. The Morgan fingerprint density at radius 2 is 2.19 bits per heavy atom. The van der Waals surface area contributed by atoms with E-state index in [1.165, 1.54) is 6.33 Å². The van der Waals surface area contributed by atoms with Crippen molar-refractivity contribution in [2.45, 2.75) is 26.0 Å². The lowest BCUT2D eigenvalue weighted by atomic mass is 10.1. The van der Waals surface area contributed by atoms with Gasteiger partial charge in [0, 0.05) is 7.05 Å². The summed E-state index contributed by atoms with van der Waals surface area (Å²) in [6.45, 7) is 3.83. The lowest BCUT2D eigenvalue weighted by Crippen LogP contribution is -2.16. The molecule has 0 amide bonds. The van der Waals surface area contributed by atoms with Crippen molar-refractivity contribution >= 4 is 0 Å². The molecule has 1 N–H and O–H groups in total. The molecule has 16 heavy (non-hydrogen) atoms. The summed E-state index contributed by atoms with van der Waals surface area (Å²) in [6, 6.07) is 0. The van der Waals surface area contributed by atoms with E-state index in [1.54, 1.807) is 29.4 Å². The van der Waals surface area contributed by atoms with Crippen molar-refractivity contribution < 1.29 is 5.11 Å². The molecule has 2 rings (SSSR count). The van der Waals surface area contributed by atoms with Gasteiger partial charge in [-0.2, -0.15) is 5.10 Å². The predicted octanol–water partition coefficient (Wildman–Crippen LogP) is -0.318. The molecule has 0 saturated heterocycles. The van der Waals surface area contributed by atoms with Gasteiger partial charge in [-0.1, -0.05) is 5.21 Å². The van der Waals surface area contributed by atoms with Crippen molar-refractivity contribution in [2.24, 2.45) is 7.05 Å². The van der Waals surface area contributed by atoms with Gasteiger partial charge in [-0.15, -0.1) is 5.10 Å². The molecule has 0 aliphatic rings. The minimum Gasteiger partial charge on any atom is -0.384 e. The summed E-state index contributed by atoms with van der Waals surface area (Å²) in [4.78, 5) is 4.08. The van der Waals surface area contributed by atoms with Crippen molar-refractivity contribution in [3.63, 3.8) is 0 Å². The molecule has 0 radical (unpaired) electrons. The molecule has 7 heteroatoms. The SMILES string of the molecule is Cn1ncnc1Cn1cc(C(C)(C)O)nn1. The Labute approximate surface area is 92.7 Å². The van der Waals surface area contributed by atoms with E-state index >= 15 is 0 Å². The summed E-state index contributed by atoms with van der Waals surface area (Å²) in [5, 5.41) is 21.5. The molecule has 86 valence electrons. The summed E-state index contributed by atoms with van der Waals surface area (Å²) in [6.07, 6.45) is 3.19. The molecule has 0 spiro atoms. The maximum absolute atomic E-state index is 9.73. The zero-order valence-electron chi connectivity index (χ0n) is 9.49. The first kappa shape index (κ1) is 10.7. The van der Waals surface area contributed by atoms with Gasteiger partial charge in [-0.05, 0) is 13.8 Å². The molecule has 0 aromatic carbocycles. The maximum Gasteiger partial charge on any atom is 0.148 e. The summed E-state index contributed by atoms with van der Waals surface area (Å²) in [5.74, 6) is 0.784. The van der Waals surface area contributed by atoms with E-state index in [4.69, 9.17) is 0 Å². The summed E-state index contributed by atoms with van der Waals surface area (Å²) in [7, 11) is 1.82. The maximum atomic E-state index is 9.73. The Morgan fingerprint density at radius 3 is 2.69 bits per heavy atom. The van der Waals surface area contributed by atoms with Crippen LogP contribution in [0.25, 0.3) is 0 Å². The van der Waals surface area contributed by atoms with Crippen LogP contribution in [0.4, 0.5) is 0 Å². The fourth-order valence-corrected chi connectivity index (χ4v) is 1.26. The van der Waals surface area contributed by atoms with Crippen LogP contribution in [0, 0.1) is 0 Å². The molecule has 0 aliphatic carbocycles. The minimum absolute atomic E-state index is 0.486. The Hall–Kier alpha value is -1.76. The van der Waals surface area contributed by atoms with Crippen LogP contribution in [0.2, 0.25) is 0 Å². The third kappa shape index (κ3) is 2.08. The van der Waals surface area contributed by atoms with Gasteiger partial charge in [0.1, 0.15) is 30.0 Å². The van der Waals surface area contributed by atoms with E-state index in [-0.39, 0.29) is 0 Å². The van der Waals surface area contributed by atoms with Gasteiger partial charge in [0.25, 0.3) is 0 Å². The average molecular weight is 222 g/mol. The van der Waals surface area contributed by atoms with E-state index in [0.717, 1.165) is 5.82 Å². The van der Waals surface area contributed by atoms with E-state index in [1.807, 2.05) is 7.05 Å². The molecule has 2 heterocycles. The molecule has 0 aliphatic heterocycles. The van der Waals surface area contributed by atoms with Crippen molar-refractivity contribution in [3.05, 3.63) is 24.0 Å². The summed E-state index contributed by atoms with van der Waals surface area (Å²) < 4.78 is 3.29. The molecule has 2 aromatic rings. The van der Waals surface area contributed by atoms with E-state index in [2.05, 4.69) is 20.4 Å². The Bertz CT molecular complexity index is 480. The Kier molecular flexibility index (Phi) is 2.47. The molecule has 0 fully saturated rings. The lowest BCUT2D eigenvalue weighted by Gasteiger charge is -2.11. The molecular weight excluding hydrogens is 208 g/mol. The third-order valence-corrected chi connectivity index (χ3v) is 2.27. The van der Waals surface area contributed by atoms with Crippen LogP contribution in [0.5, 0.6) is 0 Å². The lowest BCUT2D eigenvalue weighted by molar-refractivity contribution is 0.0737. The van der Waals surface area contributed by atoms with Gasteiger partial charge in [-0.3, -0.25) is 4.68 Å². The highest BCUT2D eigenvalue weighted by Crippen LogP contribution is 2.15. The second-order valence-electron chi connectivity index (χ2n) is 4.16. The van der Waals surface area contributed by atoms with Gasteiger partial charge in [0.05, 0.1) is 6.20 Å². The van der Waals surface area contributed by atoms with E-state index < -0.39 is 5.60 Å². The smallest absolute Gasteiger partial charge is 0.148 e. The fourth-order valence-electron chi connectivity index (χ4n) is 1.26. The second kappa shape index (κ2) is 3.67. The fraction of sp³-hybridized carbons (Fsp3) is 0.556. The average Bonchev–Trinajstić information content (AvgIpc) is 2.76. The van der Waals surface area contributed by atoms with Crippen molar-refractivity contribution in [1.29, 1.82) is 0 Å². The molecule has 0 bridgehead atoms. The normalized spacial score (nSPS) is 12.0. The number of hydrogen-bond donors (Lipinski definition) is 1. The van der Waals surface area contributed by atoms with Gasteiger partial charge >= 0.3 is 0 Å². The van der Waals surface area contributed by atoms with Crippen LogP contribution >= 0.6 is 0 Å². The molecular formula is C9H14N6O. The minimum atomic E-state index is -0.974. The van der Waals surface area contributed by atoms with Crippen LogP contribution in [0.15, 0.2) is 12.5 Å². The first-order valence-corrected chi connectivity index (χ1v) is 4.92. The standard InChI is InChI=1S/C9H14N6O/c1-9(2,16)7-4-15(13-12-7)5-8-10-6-11-14(8)3/h4,6,16H,5H2,1-3H3. The van der Waals surface area contributed by atoms with Crippen LogP contribution in [0.1, 0.15) is 25.4 Å². The monoisotopic (exact) mass is 222 g/mol. The third-order valence-electron chi connectivity index (χ3n) is 2.27. The largest absolute Gasteiger partial charge is 0.384 e. The molecule has 0 saturated carbocycles. The highest BCUT2D eigenvalue weighted by atomic mass is 16.3. The molecule has 0 unspecified atom stereocenters. The van der Waals surface area contributed by atoms with Crippen LogP contribution in [-0.4, -0.2) is 34.9 Å². The molecule has 0 atom stereocenters. The van der Waals surface area contributed by atoms with Crippen molar-refractivity contribution in [2.75, 3.05) is 0 Å². The van der Waals surface area contributed by atoms with E-state index in [9.17, 15) is 5.11 Å². The Morgan fingerprint density at radius 1 is 1.44 bits per heavy atom. The highest BCUT2D eigenvalue weighted by molar-refractivity contribution is 5.03. The van der Waals surface area contributed by atoms with Gasteiger partial charge < -0.3 is 5.11 Å². The predicted molar refractivity (Wildman–Crippen MR) is 55.4 cm³/mol. The zero-order chi connectivity index (χ0) is 11.8. The summed E-state index contributed by atoms with van der Waals surface area (Å²) in [5.41, 5.74) is -0.437. The van der Waals surface area contributed by atoms with E-state index in [0.29, 0.717) is 12.2 Å². The number of aromatic nitrogens is 6. The number of hydrogen-bond acceptors (Lipinski definition) is 5. The van der Waals surface area contributed by atoms with Crippen LogP contribution in [0.3, 0.4) is 0 Å². The van der Waals surface area contributed by atoms with Gasteiger partial charge in [0.2, 0.25) is 0 Å². The van der Waals surface area contributed by atoms with Gasteiger partial charge in [0.15, 0.2) is 0 Å². The summed E-state index contributed by atoms with van der Waals surface area (Å²) >= 11 is 0. The topological polar surface area (TPSA) is 81.7 Å². The highest BCUT2D eigenvalue weighted by Gasteiger charge is 2.20. The number of aryl methyl sites for hydroxylation is 1. The van der Waals surface area contributed by atoms with Crippen molar-refractivity contribution in [3.8, 4) is 0 Å². The van der Waals surface area contributed by atoms with Crippen molar-refractivity contribution in [1.82, 2.24) is 29.8 Å². The first-order valence-electron chi connectivity index (χ1n) is 4.92. The zero-order valence-corrected chi connectivity index (χ0v) is 9.49. The first-order chi connectivity index (χ1) is 7.47. The number of nitrogens with zero attached hydrogens (tertiary/aromatic N) is 6. The number of rotatable bonds is 3. The van der Waals surface area contributed by atoms with Gasteiger partial charge in [-0.25, -0.2) is 9.67 Å². The van der Waals surface area contributed by atoms with Crippen LogP contribution in [-0.2, 0) is 19.2 Å². The Balaban J connectivity index is 2.18. The molecule has 2 aromatic heterocycles. The number of aliphatic hydroxyl groups is 1. The van der Waals surface area contributed by atoms with Crippen LogP contribution < -0.4 is 0 Å².